The third-order valence-electron chi connectivity index (χ3n) is 4.37. The first-order valence-corrected chi connectivity index (χ1v) is 7.25. The molecule has 0 bridgehead atoms. The summed E-state index contributed by atoms with van der Waals surface area (Å²) in [5.74, 6) is -0.174. The lowest BCUT2D eigenvalue weighted by Crippen LogP contribution is -2.55. The Kier molecular flexibility index (Phi) is 3.76. The van der Waals surface area contributed by atoms with Crippen molar-refractivity contribution in [1.82, 2.24) is 5.32 Å². The van der Waals surface area contributed by atoms with Crippen molar-refractivity contribution >= 4 is 5.97 Å². The van der Waals surface area contributed by atoms with E-state index in [1.54, 1.807) is 0 Å². The van der Waals surface area contributed by atoms with Crippen LogP contribution in [0.25, 0.3) is 0 Å². The molecule has 3 rings (SSSR count). The molecule has 1 unspecified atom stereocenters. The van der Waals surface area contributed by atoms with Gasteiger partial charge in [0.25, 0.3) is 0 Å². The van der Waals surface area contributed by atoms with E-state index in [-0.39, 0.29) is 12.1 Å². The Morgan fingerprint density at radius 2 is 2.10 bits per heavy atom. The molecule has 1 aliphatic carbocycles. The van der Waals surface area contributed by atoms with Gasteiger partial charge in [-0.05, 0) is 24.0 Å². The number of hydrogen-bond donors (Lipinski definition) is 1. The average molecular weight is 275 g/mol. The van der Waals surface area contributed by atoms with Crippen LogP contribution in [0.1, 0.15) is 24.0 Å². The number of carbonyl (C=O) groups excluding carboxylic acids is 1. The van der Waals surface area contributed by atoms with Crippen LogP contribution in [0.3, 0.4) is 0 Å². The van der Waals surface area contributed by atoms with Gasteiger partial charge in [0, 0.05) is 26.0 Å². The summed E-state index contributed by atoms with van der Waals surface area (Å²) in [6.45, 7) is 1.54. The molecule has 1 fully saturated rings. The normalized spacial score (nSPS) is 23.6. The van der Waals surface area contributed by atoms with E-state index < -0.39 is 5.54 Å². The van der Waals surface area contributed by atoms with Crippen molar-refractivity contribution in [3.8, 4) is 0 Å². The zero-order valence-corrected chi connectivity index (χ0v) is 11.9. The van der Waals surface area contributed by atoms with E-state index in [1.807, 2.05) is 12.1 Å². The second-order valence-electron chi connectivity index (χ2n) is 5.71. The summed E-state index contributed by atoms with van der Waals surface area (Å²) in [6, 6.07) is 8.22. The lowest BCUT2D eigenvalue weighted by Gasteiger charge is -2.28. The van der Waals surface area contributed by atoms with Crippen molar-refractivity contribution in [2.24, 2.45) is 0 Å². The SMILES string of the molecule is COC(=O)C1(NCC2CCCO2)Cc2ccccc2C1. The highest BCUT2D eigenvalue weighted by molar-refractivity contribution is 5.83. The second kappa shape index (κ2) is 5.54. The molecule has 0 aromatic heterocycles. The third kappa shape index (κ3) is 2.45. The lowest BCUT2D eigenvalue weighted by atomic mass is 9.95. The summed E-state index contributed by atoms with van der Waals surface area (Å²) in [7, 11) is 1.46. The Morgan fingerprint density at radius 1 is 1.40 bits per heavy atom. The second-order valence-corrected chi connectivity index (χ2v) is 5.71. The zero-order chi connectivity index (χ0) is 14.0. The number of nitrogens with one attached hydrogen (secondary N) is 1. The van der Waals surface area contributed by atoms with Crippen molar-refractivity contribution in [3.05, 3.63) is 35.4 Å². The fraction of sp³-hybridized carbons (Fsp3) is 0.562. The van der Waals surface area contributed by atoms with Gasteiger partial charge in [0.2, 0.25) is 0 Å². The molecule has 2 aliphatic rings. The molecule has 0 radical (unpaired) electrons. The van der Waals surface area contributed by atoms with Crippen LogP contribution in [-0.4, -0.2) is 37.9 Å². The summed E-state index contributed by atoms with van der Waals surface area (Å²) < 4.78 is 10.7. The maximum atomic E-state index is 12.3. The first-order valence-electron chi connectivity index (χ1n) is 7.25. The Labute approximate surface area is 119 Å². The molecule has 4 heteroatoms. The summed E-state index contributed by atoms with van der Waals surface area (Å²) in [4.78, 5) is 12.3. The third-order valence-corrected chi connectivity index (χ3v) is 4.37. The molecular formula is C16H21NO3. The van der Waals surface area contributed by atoms with E-state index in [0.717, 1.165) is 19.4 Å². The van der Waals surface area contributed by atoms with Crippen molar-refractivity contribution in [2.75, 3.05) is 20.3 Å². The van der Waals surface area contributed by atoms with Crippen molar-refractivity contribution < 1.29 is 14.3 Å². The van der Waals surface area contributed by atoms with Gasteiger partial charge in [0.05, 0.1) is 13.2 Å². The van der Waals surface area contributed by atoms with E-state index in [1.165, 1.54) is 18.2 Å². The first kappa shape index (κ1) is 13.6. The number of esters is 1. The van der Waals surface area contributed by atoms with Crippen LogP contribution in [-0.2, 0) is 27.1 Å². The smallest absolute Gasteiger partial charge is 0.326 e. The molecule has 108 valence electrons. The van der Waals surface area contributed by atoms with Crippen LogP contribution in [0.4, 0.5) is 0 Å². The standard InChI is InChI=1S/C16H21NO3/c1-19-15(18)16(17-11-14-7-4-8-20-14)9-12-5-2-3-6-13(12)10-16/h2-3,5-6,14,17H,4,7-11H2,1H3. The predicted molar refractivity (Wildman–Crippen MR) is 75.6 cm³/mol. The van der Waals surface area contributed by atoms with Crippen LogP contribution in [0.5, 0.6) is 0 Å². The average Bonchev–Trinajstić information content (AvgIpc) is 3.11. The minimum Gasteiger partial charge on any atom is -0.468 e. The molecule has 1 aliphatic heterocycles. The maximum absolute atomic E-state index is 12.3. The minimum atomic E-state index is -0.621. The molecule has 1 saturated heterocycles. The Hall–Kier alpha value is -1.39. The van der Waals surface area contributed by atoms with Gasteiger partial charge in [-0.25, -0.2) is 0 Å². The number of methoxy groups -OCH3 is 1. The number of rotatable bonds is 4. The zero-order valence-electron chi connectivity index (χ0n) is 11.9. The highest BCUT2D eigenvalue weighted by Crippen LogP contribution is 2.31. The van der Waals surface area contributed by atoms with Gasteiger partial charge in [-0.3, -0.25) is 10.1 Å². The summed E-state index contributed by atoms with van der Waals surface area (Å²) in [5, 5.41) is 3.44. The van der Waals surface area contributed by atoms with Gasteiger partial charge in [0.1, 0.15) is 5.54 Å². The molecule has 1 atom stereocenters. The van der Waals surface area contributed by atoms with Gasteiger partial charge in [0.15, 0.2) is 0 Å². The van der Waals surface area contributed by atoms with E-state index in [0.29, 0.717) is 19.4 Å². The number of fused-ring (bicyclic) bond motifs is 1. The van der Waals surface area contributed by atoms with Gasteiger partial charge in [-0.2, -0.15) is 0 Å². The molecule has 1 aromatic rings. The highest BCUT2D eigenvalue weighted by atomic mass is 16.5. The molecule has 1 N–H and O–H groups in total. The van der Waals surface area contributed by atoms with Crippen molar-refractivity contribution in [1.29, 1.82) is 0 Å². The molecule has 0 saturated carbocycles. The van der Waals surface area contributed by atoms with E-state index in [2.05, 4.69) is 17.4 Å². The molecule has 1 heterocycles. The largest absolute Gasteiger partial charge is 0.468 e. The van der Waals surface area contributed by atoms with Crippen molar-refractivity contribution in [3.63, 3.8) is 0 Å². The minimum absolute atomic E-state index is 0.174. The van der Waals surface area contributed by atoms with Crippen LogP contribution < -0.4 is 5.32 Å². The van der Waals surface area contributed by atoms with E-state index in [4.69, 9.17) is 9.47 Å². The van der Waals surface area contributed by atoms with Crippen LogP contribution >= 0.6 is 0 Å². The molecule has 4 nitrogen and oxygen atoms in total. The van der Waals surface area contributed by atoms with Gasteiger partial charge in [-0.15, -0.1) is 0 Å². The van der Waals surface area contributed by atoms with Crippen LogP contribution in [0.2, 0.25) is 0 Å². The van der Waals surface area contributed by atoms with Gasteiger partial charge in [-0.1, -0.05) is 24.3 Å². The first-order chi connectivity index (χ1) is 9.73. The van der Waals surface area contributed by atoms with E-state index in [9.17, 15) is 4.79 Å². The number of hydrogen-bond acceptors (Lipinski definition) is 4. The number of carbonyl (C=O) groups is 1. The highest BCUT2D eigenvalue weighted by Gasteiger charge is 2.44. The molecule has 20 heavy (non-hydrogen) atoms. The van der Waals surface area contributed by atoms with Gasteiger partial charge < -0.3 is 9.47 Å². The Balaban J connectivity index is 1.75. The predicted octanol–water partition coefficient (Wildman–Crippen LogP) is 1.47. The summed E-state index contributed by atoms with van der Waals surface area (Å²) in [5.41, 5.74) is 1.85. The molecule has 0 spiro atoms. The van der Waals surface area contributed by atoms with E-state index >= 15 is 0 Å². The number of ether oxygens (including phenoxy) is 2. The van der Waals surface area contributed by atoms with Crippen LogP contribution in [0.15, 0.2) is 24.3 Å². The summed E-state index contributed by atoms with van der Waals surface area (Å²) >= 11 is 0. The number of benzene rings is 1. The fourth-order valence-electron chi connectivity index (χ4n) is 3.27. The molecular weight excluding hydrogens is 254 g/mol. The monoisotopic (exact) mass is 275 g/mol. The quantitative estimate of drug-likeness (QED) is 0.845. The van der Waals surface area contributed by atoms with Crippen molar-refractivity contribution in [2.45, 2.75) is 37.3 Å². The van der Waals surface area contributed by atoms with Crippen LogP contribution in [0, 0.1) is 0 Å². The van der Waals surface area contributed by atoms with Gasteiger partial charge >= 0.3 is 5.97 Å². The molecule has 0 amide bonds. The lowest BCUT2D eigenvalue weighted by molar-refractivity contribution is -0.148. The molecule has 1 aromatic carbocycles. The Bertz CT molecular complexity index is 469. The Morgan fingerprint density at radius 3 is 2.65 bits per heavy atom. The fourth-order valence-corrected chi connectivity index (χ4v) is 3.27. The maximum Gasteiger partial charge on any atom is 0.326 e. The summed E-state index contributed by atoms with van der Waals surface area (Å²) in [6.07, 6.45) is 3.79. The topological polar surface area (TPSA) is 47.6 Å².